The number of amides is 1. The van der Waals surface area contributed by atoms with E-state index >= 15 is 0 Å². The molecule has 1 amide bonds. The Morgan fingerprint density at radius 3 is 2.71 bits per heavy atom. The van der Waals surface area contributed by atoms with Crippen molar-refractivity contribution in [3.8, 4) is 0 Å². The standard InChI is InChI=1S/C12H11ClN2O2/c1-8(9-2-4-10(13)5-3-9)15-12(16)11-6-14-7-17-11/h2-8H,1H3,(H,15,16). The number of carbonyl (C=O) groups is 1. The Bertz CT molecular complexity index is 494. The number of hydrogen-bond acceptors (Lipinski definition) is 3. The molecule has 0 spiro atoms. The van der Waals surface area contributed by atoms with Crippen LogP contribution in [0.1, 0.15) is 29.1 Å². The van der Waals surface area contributed by atoms with Gasteiger partial charge in [0.25, 0.3) is 5.91 Å². The first kappa shape index (κ1) is 11.7. The maximum atomic E-state index is 11.7. The van der Waals surface area contributed by atoms with Gasteiger partial charge in [-0.05, 0) is 24.6 Å². The molecule has 5 heteroatoms. The molecule has 1 unspecified atom stereocenters. The van der Waals surface area contributed by atoms with Crippen LogP contribution in [0, 0.1) is 0 Å². The molecule has 1 N–H and O–H groups in total. The number of oxazole rings is 1. The summed E-state index contributed by atoms with van der Waals surface area (Å²) in [5, 5.41) is 3.47. The second-order valence-electron chi connectivity index (χ2n) is 3.61. The van der Waals surface area contributed by atoms with E-state index in [0.29, 0.717) is 5.02 Å². The van der Waals surface area contributed by atoms with E-state index in [1.807, 2.05) is 19.1 Å². The fourth-order valence-electron chi connectivity index (χ4n) is 1.43. The lowest BCUT2D eigenvalue weighted by Crippen LogP contribution is -2.26. The molecule has 0 aliphatic rings. The minimum Gasteiger partial charge on any atom is -0.438 e. The molecular formula is C12H11ClN2O2. The first-order valence-corrected chi connectivity index (χ1v) is 5.49. The Kier molecular flexibility index (Phi) is 3.44. The zero-order valence-electron chi connectivity index (χ0n) is 9.18. The summed E-state index contributed by atoms with van der Waals surface area (Å²) < 4.78 is 4.91. The lowest BCUT2D eigenvalue weighted by Gasteiger charge is -2.13. The van der Waals surface area contributed by atoms with Crippen molar-refractivity contribution in [2.24, 2.45) is 0 Å². The van der Waals surface area contributed by atoms with E-state index in [9.17, 15) is 4.79 Å². The first-order chi connectivity index (χ1) is 8.16. The van der Waals surface area contributed by atoms with E-state index in [0.717, 1.165) is 5.56 Å². The summed E-state index contributed by atoms with van der Waals surface area (Å²) in [7, 11) is 0. The van der Waals surface area contributed by atoms with Crippen molar-refractivity contribution in [3.63, 3.8) is 0 Å². The molecule has 2 aromatic rings. The van der Waals surface area contributed by atoms with Crippen LogP contribution in [0.15, 0.2) is 41.3 Å². The minimum atomic E-state index is -0.287. The number of nitrogens with one attached hydrogen (secondary N) is 1. The van der Waals surface area contributed by atoms with Gasteiger partial charge in [0.15, 0.2) is 6.39 Å². The topological polar surface area (TPSA) is 55.1 Å². The van der Waals surface area contributed by atoms with Crippen LogP contribution in [0.3, 0.4) is 0 Å². The molecule has 1 aromatic heterocycles. The van der Waals surface area contributed by atoms with Crippen molar-refractivity contribution in [2.75, 3.05) is 0 Å². The Morgan fingerprint density at radius 2 is 2.12 bits per heavy atom. The number of nitrogens with zero attached hydrogens (tertiary/aromatic N) is 1. The van der Waals surface area contributed by atoms with Gasteiger partial charge in [0.1, 0.15) is 0 Å². The molecule has 17 heavy (non-hydrogen) atoms. The third-order valence-electron chi connectivity index (χ3n) is 2.37. The van der Waals surface area contributed by atoms with Gasteiger partial charge in [0.2, 0.25) is 5.76 Å². The average molecular weight is 251 g/mol. The molecule has 0 aliphatic carbocycles. The van der Waals surface area contributed by atoms with Gasteiger partial charge in [-0.25, -0.2) is 4.98 Å². The summed E-state index contributed by atoms with van der Waals surface area (Å²) in [6, 6.07) is 7.19. The summed E-state index contributed by atoms with van der Waals surface area (Å²) >= 11 is 5.79. The van der Waals surface area contributed by atoms with Gasteiger partial charge < -0.3 is 9.73 Å². The SMILES string of the molecule is CC(NC(=O)c1cnco1)c1ccc(Cl)cc1. The highest BCUT2D eigenvalue weighted by Crippen LogP contribution is 2.16. The van der Waals surface area contributed by atoms with Gasteiger partial charge in [-0.15, -0.1) is 0 Å². The van der Waals surface area contributed by atoms with Crippen molar-refractivity contribution in [3.05, 3.63) is 53.2 Å². The van der Waals surface area contributed by atoms with Crippen LogP contribution in [-0.2, 0) is 0 Å². The van der Waals surface area contributed by atoms with E-state index in [1.165, 1.54) is 12.6 Å². The summed E-state index contributed by atoms with van der Waals surface area (Å²) in [6.07, 6.45) is 2.60. The van der Waals surface area contributed by atoms with Gasteiger partial charge in [0.05, 0.1) is 12.2 Å². The summed E-state index contributed by atoms with van der Waals surface area (Å²) in [6.45, 7) is 1.89. The van der Waals surface area contributed by atoms with Gasteiger partial charge in [-0.2, -0.15) is 0 Å². The van der Waals surface area contributed by atoms with Crippen LogP contribution in [0.4, 0.5) is 0 Å². The maximum absolute atomic E-state index is 11.7. The lowest BCUT2D eigenvalue weighted by molar-refractivity contribution is 0.0912. The van der Waals surface area contributed by atoms with E-state index in [-0.39, 0.29) is 17.7 Å². The van der Waals surface area contributed by atoms with Crippen LogP contribution < -0.4 is 5.32 Å². The van der Waals surface area contributed by atoms with Crippen molar-refractivity contribution >= 4 is 17.5 Å². The average Bonchev–Trinajstić information content (AvgIpc) is 2.83. The van der Waals surface area contributed by atoms with Crippen molar-refractivity contribution in [1.29, 1.82) is 0 Å². The van der Waals surface area contributed by atoms with Gasteiger partial charge in [-0.3, -0.25) is 4.79 Å². The molecule has 88 valence electrons. The monoisotopic (exact) mass is 250 g/mol. The van der Waals surface area contributed by atoms with Crippen molar-refractivity contribution < 1.29 is 9.21 Å². The molecule has 0 fully saturated rings. The molecule has 4 nitrogen and oxygen atoms in total. The maximum Gasteiger partial charge on any atom is 0.289 e. The predicted molar refractivity (Wildman–Crippen MR) is 63.8 cm³/mol. The fourth-order valence-corrected chi connectivity index (χ4v) is 1.56. The number of aromatic nitrogens is 1. The van der Waals surface area contributed by atoms with E-state index < -0.39 is 0 Å². The van der Waals surface area contributed by atoms with Crippen LogP contribution in [0.25, 0.3) is 0 Å². The molecule has 0 radical (unpaired) electrons. The van der Waals surface area contributed by atoms with Crippen molar-refractivity contribution in [2.45, 2.75) is 13.0 Å². The number of halogens is 1. The fraction of sp³-hybridized carbons (Fsp3) is 0.167. The third kappa shape index (κ3) is 2.85. The second-order valence-corrected chi connectivity index (χ2v) is 4.05. The molecule has 0 saturated heterocycles. The zero-order chi connectivity index (χ0) is 12.3. The molecule has 0 saturated carbocycles. The van der Waals surface area contributed by atoms with Crippen molar-refractivity contribution in [1.82, 2.24) is 10.3 Å². The largest absolute Gasteiger partial charge is 0.438 e. The smallest absolute Gasteiger partial charge is 0.289 e. The number of rotatable bonds is 3. The molecule has 1 heterocycles. The molecule has 0 bridgehead atoms. The summed E-state index contributed by atoms with van der Waals surface area (Å²) in [4.78, 5) is 15.4. The molecule has 1 aromatic carbocycles. The lowest BCUT2D eigenvalue weighted by atomic mass is 10.1. The first-order valence-electron chi connectivity index (χ1n) is 5.11. The van der Waals surface area contributed by atoms with Crippen LogP contribution >= 0.6 is 11.6 Å². The predicted octanol–water partition coefficient (Wildman–Crippen LogP) is 2.82. The molecule has 2 rings (SSSR count). The number of carbonyl (C=O) groups excluding carboxylic acids is 1. The number of benzene rings is 1. The number of hydrogen-bond donors (Lipinski definition) is 1. The minimum absolute atomic E-state index is 0.120. The highest BCUT2D eigenvalue weighted by atomic mass is 35.5. The quantitative estimate of drug-likeness (QED) is 0.911. The third-order valence-corrected chi connectivity index (χ3v) is 2.63. The Balaban J connectivity index is 2.04. The van der Waals surface area contributed by atoms with Gasteiger partial charge >= 0.3 is 0 Å². The van der Waals surface area contributed by atoms with Crippen LogP contribution in [-0.4, -0.2) is 10.9 Å². The summed E-state index contributed by atoms with van der Waals surface area (Å²) in [5.41, 5.74) is 0.974. The normalized spacial score (nSPS) is 12.1. The highest BCUT2D eigenvalue weighted by molar-refractivity contribution is 6.30. The molecule has 0 aliphatic heterocycles. The van der Waals surface area contributed by atoms with Gasteiger partial charge in [0, 0.05) is 5.02 Å². The Hall–Kier alpha value is -1.81. The Morgan fingerprint density at radius 1 is 1.41 bits per heavy atom. The summed E-state index contributed by atoms with van der Waals surface area (Å²) in [5.74, 6) is -0.0873. The zero-order valence-corrected chi connectivity index (χ0v) is 9.94. The van der Waals surface area contributed by atoms with E-state index in [4.69, 9.17) is 16.0 Å². The Labute approximate surface area is 104 Å². The van der Waals surface area contributed by atoms with Gasteiger partial charge in [-0.1, -0.05) is 23.7 Å². The van der Waals surface area contributed by atoms with E-state index in [2.05, 4.69) is 10.3 Å². The van der Waals surface area contributed by atoms with Crippen LogP contribution in [0.2, 0.25) is 5.02 Å². The highest BCUT2D eigenvalue weighted by Gasteiger charge is 2.13. The van der Waals surface area contributed by atoms with E-state index in [1.54, 1.807) is 12.1 Å². The molecular weight excluding hydrogens is 240 g/mol. The van der Waals surface area contributed by atoms with Crippen LogP contribution in [0.5, 0.6) is 0 Å². The molecule has 1 atom stereocenters. The second kappa shape index (κ2) is 5.01.